The largest absolute Gasteiger partial charge is 0.332 e. The summed E-state index contributed by atoms with van der Waals surface area (Å²) in [5, 5.41) is 1.17. The van der Waals surface area contributed by atoms with Gasteiger partial charge >= 0.3 is 0 Å². The molecule has 1 aliphatic carbocycles. The van der Waals surface area contributed by atoms with Gasteiger partial charge in [0.1, 0.15) is 11.5 Å². The molecular formula is C14H18BrN3. The molecule has 3 nitrogen and oxygen atoms in total. The lowest BCUT2D eigenvalue weighted by atomic mass is 10.1. The minimum Gasteiger partial charge on any atom is -0.332 e. The van der Waals surface area contributed by atoms with Crippen LogP contribution in [0.1, 0.15) is 50.0 Å². The van der Waals surface area contributed by atoms with Crippen molar-refractivity contribution in [3.63, 3.8) is 0 Å². The van der Waals surface area contributed by atoms with Crippen LogP contribution >= 0.6 is 15.9 Å². The number of hydrogen-bond donors (Lipinski definition) is 0. The monoisotopic (exact) mass is 307 g/mol. The van der Waals surface area contributed by atoms with E-state index in [-0.39, 0.29) is 0 Å². The lowest BCUT2D eigenvalue weighted by Gasteiger charge is -2.10. The van der Waals surface area contributed by atoms with E-state index in [1.807, 2.05) is 0 Å². The van der Waals surface area contributed by atoms with Gasteiger partial charge in [0.05, 0.1) is 11.1 Å². The van der Waals surface area contributed by atoms with Crippen LogP contribution in [0.3, 0.4) is 0 Å². The Morgan fingerprint density at radius 1 is 1.33 bits per heavy atom. The van der Waals surface area contributed by atoms with Gasteiger partial charge in [-0.15, -0.1) is 0 Å². The Balaban J connectivity index is 2.18. The summed E-state index contributed by atoms with van der Waals surface area (Å²) in [4.78, 5) is 9.57. The van der Waals surface area contributed by atoms with Crippen molar-refractivity contribution in [1.82, 2.24) is 14.5 Å². The number of aromatic nitrogens is 3. The average molecular weight is 308 g/mol. The highest BCUT2D eigenvalue weighted by Gasteiger charge is 2.22. The molecule has 0 aliphatic heterocycles. The number of nitrogens with zero attached hydrogens (tertiary/aromatic N) is 3. The number of rotatable bonds is 2. The van der Waals surface area contributed by atoms with E-state index in [2.05, 4.69) is 40.5 Å². The Bertz CT molecular complexity index is 582. The Labute approximate surface area is 116 Å². The molecule has 0 saturated heterocycles. The van der Waals surface area contributed by atoms with Gasteiger partial charge in [0, 0.05) is 23.1 Å². The van der Waals surface area contributed by atoms with E-state index in [9.17, 15) is 0 Å². The molecule has 18 heavy (non-hydrogen) atoms. The molecule has 0 N–H and O–H groups in total. The quantitative estimate of drug-likeness (QED) is 0.833. The summed E-state index contributed by atoms with van der Waals surface area (Å²) >= 11 is 3.62. The molecule has 3 rings (SSSR count). The van der Waals surface area contributed by atoms with Gasteiger partial charge in [0.15, 0.2) is 0 Å². The van der Waals surface area contributed by atoms with E-state index in [1.165, 1.54) is 31.1 Å². The third kappa shape index (κ3) is 1.87. The average Bonchev–Trinajstić information content (AvgIpc) is 2.97. The molecule has 96 valence electrons. The van der Waals surface area contributed by atoms with E-state index >= 15 is 0 Å². The zero-order valence-electron chi connectivity index (χ0n) is 10.9. The molecule has 0 bridgehead atoms. The number of hydrogen-bond acceptors (Lipinski definition) is 2. The van der Waals surface area contributed by atoms with Crippen molar-refractivity contribution in [2.75, 3.05) is 0 Å². The Kier molecular flexibility index (Phi) is 3.14. The molecule has 1 fully saturated rings. The van der Waals surface area contributed by atoms with Gasteiger partial charge < -0.3 is 4.57 Å². The van der Waals surface area contributed by atoms with Gasteiger partial charge in [0.2, 0.25) is 0 Å². The second kappa shape index (κ2) is 4.65. The molecule has 0 unspecified atom stereocenters. The van der Waals surface area contributed by atoms with Crippen molar-refractivity contribution < 1.29 is 0 Å². The van der Waals surface area contributed by atoms with Gasteiger partial charge in [-0.05, 0) is 42.6 Å². The molecule has 0 spiro atoms. The predicted octanol–water partition coefficient (Wildman–Crippen LogP) is 4.18. The Morgan fingerprint density at radius 2 is 2.06 bits per heavy atom. The molecule has 0 amide bonds. The highest BCUT2D eigenvalue weighted by molar-refractivity contribution is 9.10. The zero-order chi connectivity index (χ0) is 12.7. The fraction of sp³-hybridized carbons (Fsp3) is 0.571. The van der Waals surface area contributed by atoms with Crippen LogP contribution in [-0.2, 0) is 6.54 Å². The van der Waals surface area contributed by atoms with Crippen LogP contribution < -0.4 is 0 Å². The van der Waals surface area contributed by atoms with Crippen molar-refractivity contribution in [1.29, 1.82) is 0 Å². The van der Waals surface area contributed by atoms with E-state index in [1.54, 1.807) is 0 Å². The van der Waals surface area contributed by atoms with Gasteiger partial charge in [-0.1, -0.05) is 12.8 Å². The Hall–Kier alpha value is -0.900. The zero-order valence-corrected chi connectivity index (χ0v) is 12.5. The second-order valence-corrected chi connectivity index (χ2v) is 5.96. The smallest absolute Gasteiger partial charge is 0.145 e. The van der Waals surface area contributed by atoms with E-state index in [0.29, 0.717) is 5.92 Å². The van der Waals surface area contributed by atoms with Crippen LogP contribution in [0.4, 0.5) is 0 Å². The normalized spacial score (nSPS) is 16.8. The fourth-order valence-electron chi connectivity index (χ4n) is 2.94. The van der Waals surface area contributed by atoms with E-state index in [0.717, 1.165) is 28.2 Å². The van der Waals surface area contributed by atoms with Crippen molar-refractivity contribution in [3.8, 4) is 0 Å². The highest BCUT2D eigenvalue weighted by Crippen LogP contribution is 2.34. The second-order valence-electron chi connectivity index (χ2n) is 5.11. The SMILES string of the molecule is CCn1cc(Br)c2c(C)nc(C3CCCC3)nc21. The fourth-order valence-corrected chi connectivity index (χ4v) is 3.65. The van der Waals surface area contributed by atoms with Gasteiger partial charge in [-0.2, -0.15) is 0 Å². The number of aryl methyl sites for hydroxylation is 2. The van der Waals surface area contributed by atoms with Gasteiger partial charge in [-0.3, -0.25) is 0 Å². The minimum absolute atomic E-state index is 0.576. The third-order valence-corrected chi connectivity index (χ3v) is 4.53. The summed E-state index contributed by atoms with van der Waals surface area (Å²) in [7, 11) is 0. The molecule has 0 aromatic carbocycles. The highest BCUT2D eigenvalue weighted by atomic mass is 79.9. The lowest BCUT2D eigenvalue weighted by molar-refractivity contribution is 0.664. The molecule has 1 saturated carbocycles. The molecule has 0 atom stereocenters. The third-order valence-electron chi connectivity index (χ3n) is 3.93. The van der Waals surface area contributed by atoms with E-state index in [4.69, 9.17) is 9.97 Å². The van der Waals surface area contributed by atoms with Crippen LogP contribution in [0.15, 0.2) is 10.7 Å². The van der Waals surface area contributed by atoms with Crippen LogP contribution in [0, 0.1) is 6.92 Å². The van der Waals surface area contributed by atoms with Crippen LogP contribution in [0.25, 0.3) is 11.0 Å². The van der Waals surface area contributed by atoms with Crippen LogP contribution in [0.5, 0.6) is 0 Å². The maximum absolute atomic E-state index is 4.83. The number of halogens is 1. The maximum atomic E-state index is 4.83. The first-order valence-corrected chi connectivity index (χ1v) is 7.53. The molecular weight excluding hydrogens is 290 g/mol. The summed E-state index contributed by atoms with van der Waals surface area (Å²) < 4.78 is 3.31. The van der Waals surface area contributed by atoms with Crippen molar-refractivity contribution in [2.45, 2.75) is 52.0 Å². The van der Waals surface area contributed by atoms with Crippen LogP contribution in [-0.4, -0.2) is 14.5 Å². The first-order valence-electron chi connectivity index (χ1n) is 6.73. The van der Waals surface area contributed by atoms with Gasteiger partial charge in [0.25, 0.3) is 0 Å². The van der Waals surface area contributed by atoms with Crippen molar-refractivity contribution in [2.24, 2.45) is 0 Å². The minimum atomic E-state index is 0.576. The molecule has 2 aromatic heterocycles. The summed E-state index contributed by atoms with van der Waals surface area (Å²) in [5.74, 6) is 1.63. The van der Waals surface area contributed by atoms with Crippen molar-refractivity contribution in [3.05, 3.63) is 22.2 Å². The predicted molar refractivity (Wildman–Crippen MR) is 76.8 cm³/mol. The maximum Gasteiger partial charge on any atom is 0.145 e. The standard InChI is InChI=1S/C14H18BrN3/c1-3-18-8-11(15)12-9(2)16-13(17-14(12)18)10-6-4-5-7-10/h8,10H,3-7H2,1-2H3. The summed E-state index contributed by atoms with van der Waals surface area (Å²) in [5.41, 5.74) is 2.18. The summed E-state index contributed by atoms with van der Waals surface area (Å²) in [6.07, 6.45) is 7.26. The summed E-state index contributed by atoms with van der Waals surface area (Å²) in [6.45, 7) is 5.19. The molecule has 2 heterocycles. The van der Waals surface area contributed by atoms with Crippen LogP contribution in [0.2, 0.25) is 0 Å². The van der Waals surface area contributed by atoms with Gasteiger partial charge in [-0.25, -0.2) is 9.97 Å². The number of fused-ring (bicyclic) bond motifs is 1. The molecule has 0 radical (unpaired) electrons. The summed E-state index contributed by atoms with van der Waals surface area (Å²) in [6, 6.07) is 0. The Morgan fingerprint density at radius 3 is 2.72 bits per heavy atom. The van der Waals surface area contributed by atoms with Crippen molar-refractivity contribution >= 4 is 27.0 Å². The van der Waals surface area contributed by atoms with E-state index < -0.39 is 0 Å². The lowest BCUT2D eigenvalue weighted by Crippen LogP contribution is -2.04. The topological polar surface area (TPSA) is 30.7 Å². The first kappa shape index (κ1) is 12.2. The first-order chi connectivity index (χ1) is 8.70. The molecule has 2 aromatic rings. The molecule has 1 aliphatic rings. The molecule has 4 heteroatoms.